The van der Waals surface area contributed by atoms with Crippen LogP contribution >= 0.6 is 0 Å². The van der Waals surface area contributed by atoms with Gasteiger partial charge < -0.3 is 20.4 Å². The second kappa shape index (κ2) is 8.79. The molecule has 0 spiro atoms. The van der Waals surface area contributed by atoms with Crippen LogP contribution in [0.25, 0.3) is 0 Å². The molecule has 1 unspecified atom stereocenters. The van der Waals surface area contributed by atoms with E-state index in [-0.39, 0.29) is 31.1 Å². The first-order valence-electron chi connectivity index (χ1n) is 7.44. The summed E-state index contributed by atoms with van der Waals surface area (Å²) in [5.41, 5.74) is 0. The molecular formula is C14H26N2O4. The molecule has 1 atom stereocenters. The minimum Gasteiger partial charge on any atom is -0.481 e. The number of amides is 2. The zero-order chi connectivity index (χ0) is 15.0. The number of carbonyl (C=O) groups excluding carboxylic acids is 1. The Morgan fingerprint density at radius 2 is 2.00 bits per heavy atom. The lowest BCUT2D eigenvalue weighted by molar-refractivity contribution is -0.137. The van der Waals surface area contributed by atoms with Gasteiger partial charge in [-0.2, -0.15) is 0 Å². The number of aliphatic carboxylic acids is 1. The number of hydrogen-bond acceptors (Lipinski definition) is 3. The molecule has 0 aliphatic heterocycles. The fourth-order valence-corrected chi connectivity index (χ4v) is 2.70. The maximum atomic E-state index is 12.2. The number of aliphatic hydroxyl groups excluding tert-OH is 1. The van der Waals surface area contributed by atoms with Crippen molar-refractivity contribution in [3.8, 4) is 0 Å². The van der Waals surface area contributed by atoms with E-state index >= 15 is 0 Å². The minimum absolute atomic E-state index is 0.0304. The van der Waals surface area contributed by atoms with E-state index < -0.39 is 5.97 Å². The molecular weight excluding hydrogens is 260 g/mol. The smallest absolute Gasteiger partial charge is 0.317 e. The molecule has 1 rings (SSSR count). The largest absolute Gasteiger partial charge is 0.481 e. The van der Waals surface area contributed by atoms with Crippen LogP contribution in [-0.4, -0.2) is 52.3 Å². The van der Waals surface area contributed by atoms with Gasteiger partial charge in [-0.15, -0.1) is 0 Å². The average Bonchev–Trinajstić information content (AvgIpc) is 2.88. The van der Waals surface area contributed by atoms with Gasteiger partial charge in [0.25, 0.3) is 0 Å². The number of rotatable bonds is 8. The monoisotopic (exact) mass is 286 g/mol. The molecule has 116 valence electrons. The van der Waals surface area contributed by atoms with E-state index in [1.54, 1.807) is 4.90 Å². The Balaban J connectivity index is 2.38. The van der Waals surface area contributed by atoms with Crippen LogP contribution in [0.15, 0.2) is 0 Å². The van der Waals surface area contributed by atoms with Gasteiger partial charge in [0.2, 0.25) is 0 Å². The van der Waals surface area contributed by atoms with Gasteiger partial charge in [0.15, 0.2) is 0 Å². The van der Waals surface area contributed by atoms with E-state index in [4.69, 9.17) is 10.2 Å². The molecule has 0 radical (unpaired) electrons. The molecule has 0 saturated heterocycles. The molecule has 1 fully saturated rings. The molecule has 0 aromatic heterocycles. The zero-order valence-corrected chi connectivity index (χ0v) is 12.2. The summed E-state index contributed by atoms with van der Waals surface area (Å²) >= 11 is 0. The Labute approximate surface area is 120 Å². The summed E-state index contributed by atoms with van der Waals surface area (Å²) in [4.78, 5) is 24.4. The molecule has 0 heterocycles. The van der Waals surface area contributed by atoms with E-state index in [1.807, 2.05) is 6.92 Å². The summed E-state index contributed by atoms with van der Waals surface area (Å²) in [6, 6.07) is 0.0339. The van der Waals surface area contributed by atoms with E-state index in [2.05, 4.69) is 5.32 Å². The van der Waals surface area contributed by atoms with Crippen molar-refractivity contribution >= 4 is 12.0 Å². The second-order valence-electron chi connectivity index (χ2n) is 5.49. The topological polar surface area (TPSA) is 89.9 Å². The fourth-order valence-electron chi connectivity index (χ4n) is 2.70. The van der Waals surface area contributed by atoms with Gasteiger partial charge in [-0.1, -0.05) is 12.8 Å². The number of carbonyl (C=O) groups is 2. The summed E-state index contributed by atoms with van der Waals surface area (Å²) < 4.78 is 0. The lowest BCUT2D eigenvalue weighted by Gasteiger charge is -2.30. The van der Waals surface area contributed by atoms with Gasteiger partial charge in [-0.3, -0.25) is 4.79 Å². The minimum atomic E-state index is -0.809. The van der Waals surface area contributed by atoms with Crippen molar-refractivity contribution in [2.45, 2.75) is 64.0 Å². The lowest BCUT2D eigenvalue weighted by atomic mass is 10.1. The molecule has 20 heavy (non-hydrogen) atoms. The van der Waals surface area contributed by atoms with Gasteiger partial charge in [0.05, 0.1) is 6.61 Å². The van der Waals surface area contributed by atoms with Crippen molar-refractivity contribution in [2.24, 2.45) is 0 Å². The molecule has 0 aromatic carbocycles. The number of aliphatic hydroxyl groups is 1. The lowest BCUT2D eigenvalue weighted by Crippen LogP contribution is -2.49. The SMILES string of the molecule is CC(CCCC(=O)O)NC(=O)N(CCO)C1CCCC1. The molecule has 3 N–H and O–H groups in total. The third kappa shape index (κ3) is 5.77. The van der Waals surface area contributed by atoms with Gasteiger partial charge in [-0.25, -0.2) is 4.79 Å². The third-order valence-electron chi connectivity index (χ3n) is 3.76. The van der Waals surface area contributed by atoms with E-state index in [1.165, 1.54) is 0 Å². The van der Waals surface area contributed by atoms with Crippen molar-refractivity contribution in [3.63, 3.8) is 0 Å². The molecule has 0 aromatic rings. The predicted octanol–water partition coefficient (Wildman–Crippen LogP) is 1.58. The highest BCUT2D eigenvalue weighted by Crippen LogP contribution is 2.23. The maximum absolute atomic E-state index is 12.2. The zero-order valence-electron chi connectivity index (χ0n) is 12.2. The van der Waals surface area contributed by atoms with Crippen LogP contribution in [0.2, 0.25) is 0 Å². The number of nitrogens with one attached hydrogen (secondary N) is 1. The molecule has 1 aliphatic rings. The van der Waals surface area contributed by atoms with E-state index in [9.17, 15) is 9.59 Å². The van der Waals surface area contributed by atoms with Crippen molar-refractivity contribution in [1.29, 1.82) is 0 Å². The first-order valence-corrected chi connectivity index (χ1v) is 7.44. The maximum Gasteiger partial charge on any atom is 0.317 e. The third-order valence-corrected chi connectivity index (χ3v) is 3.76. The van der Waals surface area contributed by atoms with Crippen LogP contribution in [0, 0.1) is 0 Å². The summed E-state index contributed by atoms with van der Waals surface area (Å²) in [6.45, 7) is 2.21. The first kappa shape index (κ1) is 16.8. The molecule has 1 saturated carbocycles. The predicted molar refractivity (Wildman–Crippen MR) is 75.5 cm³/mol. The summed E-state index contributed by atoms with van der Waals surface area (Å²) in [6.07, 6.45) is 5.60. The standard InChI is InChI=1S/C14H26N2O4/c1-11(5-4-8-13(18)19)15-14(20)16(9-10-17)12-6-2-3-7-12/h11-12,17H,2-10H2,1H3,(H,15,20)(H,18,19). The van der Waals surface area contributed by atoms with Crippen molar-refractivity contribution in [1.82, 2.24) is 10.2 Å². The number of carboxylic acid groups (broad SMARTS) is 1. The van der Waals surface area contributed by atoms with Gasteiger partial charge in [-0.05, 0) is 32.6 Å². The van der Waals surface area contributed by atoms with Crippen LogP contribution in [0.3, 0.4) is 0 Å². The molecule has 1 aliphatic carbocycles. The number of nitrogens with zero attached hydrogens (tertiary/aromatic N) is 1. The molecule has 2 amide bonds. The van der Waals surface area contributed by atoms with Gasteiger partial charge >= 0.3 is 12.0 Å². The molecule has 6 heteroatoms. The Kier molecular flexibility index (Phi) is 7.36. The number of urea groups is 1. The van der Waals surface area contributed by atoms with Gasteiger partial charge in [0, 0.05) is 25.0 Å². The summed E-state index contributed by atoms with van der Waals surface area (Å²) in [5.74, 6) is -0.809. The first-order chi connectivity index (χ1) is 9.54. The van der Waals surface area contributed by atoms with Crippen LogP contribution < -0.4 is 5.32 Å². The summed E-state index contributed by atoms with van der Waals surface area (Å²) in [7, 11) is 0. The molecule has 6 nitrogen and oxygen atoms in total. The Hall–Kier alpha value is -1.30. The van der Waals surface area contributed by atoms with Crippen molar-refractivity contribution < 1.29 is 19.8 Å². The number of carboxylic acids is 1. The van der Waals surface area contributed by atoms with Crippen LogP contribution in [0.4, 0.5) is 4.79 Å². The van der Waals surface area contributed by atoms with Crippen LogP contribution in [0.1, 0.15) is 51.9 Å². The van der Waals surface area contributed by atoms with Crippen molar-refractivity contribution in [2.75, 3.05) is 13.2 Å². The Morgan fingerprint density at radius 3 is 2.55 bits per heavy atom. The van der Waals surface area contributed by atoms with Gasteiger partial charge in [0.1, 0.15) is 0 Å². The fraction of sp³-hybridized carbons (Fsp3) is 0.857. The highest BCUT2D eigenvalue weighted by Gasteiger charge is 2.26. The van der Waals surface area contributed by atoms with E-state index in [0.29, 0.717) is 19.4 Å². The van der Waals surface area contributed by atoms with Crippen LogP contribution in [0.5, 0.6) is 0 Å². The molecule has 0 bridgehead atoms. The quantitative estimate of drug-likeness (QED) is 0.632. The highest BCUT2D eigenvalue weighted by molar-refractivity contribution is 5.75. The average molecular weight is 286 g/mol. The normalized spacial score (nSPS) is 16.9. The van der Waals surface area contributed by atoms with E-state index in [0.717, 1.165) is 25.7 Å². The van der Waals surface area contributed by atoms with Crippen LogP contribution in [-0.2, 0) is 4.79 Å². The summed E-state index contributed by atoms with van der Waals surface area (Å²) in [5, 5.41) is 20.6. The second-order valence-corrected chi connectivity index (χ2v) is 5.49. The Bertz CT molecular complexity index is 316. The van der Waals surface area contributed by atoms with Crippen molar-refractivity contribution in [3.05, 3.63) is 0 Å². The highest BCUT2D eigenvalue weighted by atomic mass is 16.4. The Morgan fingerprint density at radius 1 is 1.35 bits per heavy atom. The number of hydrogen-bond donors (Lipinski definition) is 3.